The maximum atomic E-state index is 13.0. The number of H-pyrrole nitrogens is 1. The lowest BCUT2D eigenvalue weighted by molar-refractivity contribution is -0.136. The summed E-state index contributed by atoms with van der Waals surface area (Å²) >= 11 is 0. The van der Waals surface area contributed by atoms with Gasteiger partial charge in [0.05, 0.1) is 6.04 Å². The normalized spacial score (nSPS) is 22.3. The number of hydrogen-bond acceptors (Lipinski definition) is 4. The van der Waals surface area contributed by atoms with Crippen molar-refractivity contribution in [3.05, 3.63) is 59.7 Å². The van der Waals surface area contributed by atoms with Crippen LogP contribution in [0, 0.1) is 12.8 Å². The van der Waals surface area contributed by atoms with Crippen molar-refractivity contribution in [2.24, 2.45) is 5.92 Å². The molecule has 2 N–H and O–H groups in total. The molecule has 1 aliphatic carbocycles. The molecule has 2 aromatic rings. The Morgan fingerprint density at radius 1 is 1.19 bits per heavy atom. The van der Waals surface area contributed by atoms with Gasteiger partial charge in [-0.05, 0) is 38.3 Å². The molecule has 0 bridgehead atoms. The number of benzene rings is 1. The standard InChI is InChI=1S/C20H23N5O2/c1-13-21-18(24-23-13)17-11-16(22-19(26)14-7-3-2-4-8-14)12-25(17)20(27)15-9-5-6-10-15/h2-8,15-17H,9-12H2,1H3,(H,22,26)(H,21,23,24)/t16-,17-/m0/s1. The zero-order valence-corrected chi connectivity index (χ0v) is 15.3. The van der Waals surface area contributed by atoms with Crippen molar-refractivity contribution in [2.45, 2.75) is 38.3 Å². The van der Waals surface area contributed by atoms with E-state index in [2.05, 4.69) is 32.7 Å². The molecule has 2 amide bonds. The molecule has 1 aliphatic heterocycles. The lowest BCUT2D eigenvalue weighted by Crippen LogP contribution is -2.40. The highest BCUT2D eigenvalue weighted by Crippen LogP contribution is 2.34. The number of rotatable bonds is 4. The van der Waals surface area contributed by atoms with E-state index in [4.69, 9.17) is 0 Å². The van der Waals surface area contributed by atoms with Crippen LogP contribution < -0.4 is 5.32 Å². The van der Waals surface area contributed by atoms with Crippen LogP contribution in [0.4, 0.5) is 0 Å². The molecule has 1 aromatic heterocycles. The van der Waals surface area contributed by atoms with Gasteiger partial charge >= 0.3 is 0 Å². The summed E-state index contributed by atoms with van der Waals surface area (Å²) in [6, 6.07) is 8.78. The summed E-state index contributed by atoms with van der Waals surface area (Å²) in [6.45, 7) is 2.32. The number of carbonyl (C=O) groups excluding carboxylic acids is 2. The average molecular weight is 365 g/mol. The highest BCUT2D eigenvalue weighted by molar-refractivity contribution is 5.94. The topological polar surface area (TPSA) is 91.0 Å². The van der Waals surface area contributed by atoms with Gasteiger partial charge in [-0.2, -0.15) is 5.10 Å². The summed E-state index contributed by atoms with van der Waals surface area (Å²) < 4.78 is 0. The highest BCUT2D eigenvalue weighted by atomic mass is 16.2. The number of likely N-dealkylation sites (tertiary alicyclic amines) is 1. The van der Waals surface area contributed by atoms with E-state index in [1.807, 2.05) is 30.0 Å². The van der Waals surface area contributed by atoms with E-state index < -0.39 is 0 Å². The maximum absolute atomic E-state index is 13.0. The molecular weight excluding hydrogens is 342 g/mol. The van der Waals surface area contributed by atoms with Crippen LogP contribution in [0.1, 0.15) is 47.3 Å². The predicted octanol–water partition coefficient (Wildman–Crippen LogP) is 2.15. The average Bonchev–Trinajstić information content (AvgIpc) is 3.42. The van der Waals surface area contributed by atoms with E-state index in [1.165, 1.54) is 0 Å². The minimum absolute atomic E-state index is 0.0175. The second kappa shape index (κ2) is 7.34. The van der Waals surface area contributed by atoms with Crippen molar-refractivity contribution < 1.29 is 9.59 Å². The van der Waals surface area contributed by atoms with Gasteiger partial charge in [-0.3, -0.25) is 14.7 Å². The van der Waals surface area contributed by atoms with Crippen molar-refractivity contribution in [3.63, 3.8) is 0 Å². The Hall–Kier alpha value is -2.96. The monoisotopic (exact) mass is 365 g/mol. The fraction of sp³-hybridized carbons (Fsp3) is 0.400. The molecule has 0 unspecified atom stereocenters. The molecule has 2 atom stereocenters. The predicted molar refractivity (Wildman–Crippen MR) is 99.8 cm³/mol. The van der Waals surface area contributed by atoms with Crippen molar-refractivity contribution in [2.75, 3.05) is 6.54 Å². The number of aromatic amines is 1. The van der Waals surface area contributed by atoms with E-state index in [-0.39, 0.29) is 29.8 Å². The Kier molecular flexibility index (Phi) is 4.75. The van der Waals surface area contributed by atoms with Crippen molar-refractivity contribution in [1.82, 2.24) is 25.4 Å². The van der Waals surface area contributed by atoms with Gasteiger partial charge in [0.1, 0.15) is 5.82 Å². The van der Waals surface area contributed by atoms with Crippen molar-refractivity contribution >= 4 is 11.8 Å². The molecule has 7 heteroatoms. The minimum atomic E-state index is -0.218. The molecule has 0 spiro atoms. The summed E-state index contributed by atoms with van der Waals surface area (Å²) in [6.07, 6.45) is 6.27. The van der Waals surface area contributed by atoms with Crippen LogP contribution in [0.15, 0.2) is 42.5 Å². The van der Waals surface area contributed by atoms with Crippen LogP contribution in [0.25, 0.3) is 0 Å². The van der Waals surface area contributed by atoms with Gasteiger partial charge in [-0.25, -0.2) is 4.98 Å². The largest absolute Gasteiger partial charge is 0.347 e. The highest BCUT2D eigenvalue weighted by Gasteiger charge is 2.41. The Balaban J connectivity index is 1.51. The Morgan fingerprint density at radius 2 is 1.93 bits per heavy atom. The van der Waals surface area contributed by atoms with Crippen molar-refractivity contribution in [1.29, 1.82) is 0 Å². The number of nitrogens with one attached hydrogen (secondary N) is 2. The van der Waals surface area contributed by atoms with Gasteiger partial charge in [0.2, 0.25) is 5.91 Å². The van der Waals surface area contributed by atoms with E-state index in [0.29, 0.717) is 24.4 Å². The fourth-order valence-corrected chi connectivity index (χ4v) is 3.85. The van der Waals surface area contributed by atoms with Crippen molar-refractivity contribution in [3.8, 4) is 0 Å². The number of aromatic nitrogens is 3. The molecule has 1 aromatic carbocycles. The molecule has 1 saturated heterocycles. The Labute approximate surface area is 157 Å². The first-order valence-corrected chi connectivity index (χ1v) is 9.32. The van der Waals surface area contributed by atoms with Crippen LogP contribution in [-0.4, -0.2) is 44.5 Å². The zero-order valence-electron chi connectivity index (χ0n) is 15.3. The number of aryl methyl sites for hydroxylation is 1. The van der Waals surface area contributed by atoms with Gasteiger partial charge in [-0.15, -0.1) is 0 Å². The summed E-state index contributed by atoms with van der Waals surface area (Å²) in [5, 5.41) is 10.2. The number of nitrogens with zero attached hydrogens (tertiary/aromatic N) is 3. The molecule has 4 rings (SSSR count). The first kappa shape index (κ1) is 17.5. The molecule has 2 heterocycles. The van der Waals surface area contributed by atoms with Gasteiger partial charge in [0, 0.05) is 24.1 Å². The van der Waals surface area contributed by atoms with Crippen LogP contribution >= 0.6 is 0 Å². The summed E-state index contributed by atoms with van der Waals surface area (Å²) in [5.41, 5.74) is 0.618. The number of amides is 2. The molecule has 0 saturated carbocycles. The summed E-state index contributed by atoms with van der Waals surface area (Å²) in [7, 11) is 0. The number of hydrogen-bond donors (Lipinski definition) is 2. The third-order valence-corrected chi connectivity index (χ3v) is 5.23. The molecule has 1 fully saturated rings. The van der Waals surface area contributed by atoms with E-state index in [9.17, 15) is 9.59 Å². The second-order valence-corrected chi connectivity index (χ2v) is 7.20. The lowest BCUT2D eigenvalue weighted by atomic mass is 10.0. The van der Waals surface area contributed by atoms with Gasteiger partial charge in [0.25, 0.3) is 5.91 Å². The summed E-state index contributed by atoms with van der Waals surface area (Å²) in [4.78, 5) is 31.8. The van der Waals surface area contributed by atoms with E-state index in [1.54, 1.807) is 12.1 Å². The van der Waals surface area contributed by atoms with Gasteiger partial charge in [-0.1, -0.05) is 30.4 Å². The maximum Gasteiger partial charge on any atom is 0.251 e. The molecular formula is C20H23N5O2. The quantitative estimate of drug-likeness (QED) is 0.812. The first-order valence-electron chi connectivity index (χ1n) is 9.32. The number of carbonyl (C=O) groups is 2. The molecule has 2 aliphatic rings. The van der Waals surface area contributed by atoms with Crippen LogP contribution in [-0.2, 0) is 4.79 Å². The Morgan fingerprint density at radius 3 is 2.59 bits per heavy atom. The molecule has 0 radical (unpaired) electrons. The van der Waals surface area contributed by atoms with E-state index >= 15 is 0 Å². The summed E-state index contributed by atoms with van der Waals surface area (Å²) in [5.74, 6) is 1.31. The minimum Gasteiger partial charge on any atom is -0.347 e. The Bertz CT molecular complexity index is 852. The molecule has 7 nitrogen and oxygen atoms in total. The van der Waals surface area contributed by atoms with Crippen LogP contribution in [0.5, 0.6) is 0 Å². The first-order chi connectivity index (χ1) is 13.1. The van der Waals surface area contributed by atoms with Gasteiger partial charge in [0.15, 0.2) is 5.82 Å². The van der Waals surface area contributed by atoms with Gasteiger partial charge < -0.3 is 10.2 Å². The van der Waals surface area contributed by atoms with Crippen LogP contribution in [0.3, 0.4) is 0 Å². The third kappa shape index (κ3) is 3.63. The third-order valence-electron chi connectivity index (χ3n) is 5.23. The fourth-order valence-electron chi connectivity index (χ4n) is 3.85. The lowest BCUT2D eigenvalue weighted by Gasteiger charge is -2.25. The smallest absolute Gasteiger partial charge is 0.251 e. The molecule has 140 valence electrons. The molecule has 27 heavy (non-hydrogen) atoms. The SMILES string of the molecule is Cc1nc([C@@H]2C[C@H](NC(=O)c3ccccc3)CN2C(=O)C2CC=CC2)n[nH]1. The van der Waals surface area contributed by atoms with E-state index in [0.717, 1.165) is 18.7 Å². The number of allylic oxidation sites excluding steroid dienone is 2. The second-order valence-electron chi connectivity index (χ2n) is 7.20. The van der Waals surface area contributed by atoms with Crippen LogP contribution in [0.2, 0.25) is 0 Å². The zero-order chi connectivity index (χ0) is 18.8.